The number of hydrogen-bond donors (Lipinski definition) is 0. The quantitative estimate of drug-likeness (QED) is 0.695. The maximum absolute atomic E-state index is 12.6. The van der Waals surface area contributed by atoms with Gasteiger partial charge in [0.25, 0.3) is 0 Å². The zero-order valence-corrected chi connectivity index (χ0v) is 12.7. The van der Waals surface area contributed by atoms with Crippen molar-refractivity contribution in [3.05, 3.63) is 12.2 Å². The Labute approximate surface area is 127 Å². The molecule has 5 heteroatoms. The zero-order chi connectivity index (χ0) is 14.9. The molecule has 1 aliphatic carbocycles. The molecule has 0 saturated carbocycles. The number of morpholine rings is 1. The van der Waals surface area contributed by atoms with Crippen LogP contribution >= 0.6 is 0 Å². The molecule has 0 N–H and O–H groups in total. The molecule has 0 bridgehead atoms. The smallest absolute Gasteiger partial charge is 0.226 e. The van der Waals surface area contributed by atoms with Crippen LogP contribution in [0.15, 0.2) is 12.2 Å². The highest BCUT2D eigenvalue weighted by molar-refractivity contribution is 5.79. The molecule has 1 saturated heterocycles. The average molecular weight is 291 g/mol. The van der Waals surface area contributed by atoms with Gasteiger partial charge in [0.2, 0.25) is 5.91 Å². The van der Waals surface area contributed by atoms with Gasteiger partial charge < -0.3 is 9.64 Å². The average Bonchev–Trinajstić information content (AvgIpc) is 2.56. The molecule has 0 aromatic rings. The summed E-state index contributed by atoms with van der Waals surface area (Å²) in [6, 6.07) is 2.15. The van der Waals surface area contributed by atoms with E-state index < -0.39 is 0 Å². The highest BCUT2D eigenvalue weighted by Crippen LogP contribution is 2.20. The summed E-state index contributed by atoms with van der Waals surface area (Å²) in [7, 11) is 0. The Kier molecular flexibility index (Phi) is 6.71. The van der Waals surface area contributed by atoms with E-state index in [4.69, 9.17) is 10.00 Å². The molecule has 1 aliphatic heterocycles. The number of carbonyl (C=O) groups is 1. The van der Waals surface area contributed by atoms with E-state index in [1.165, 1.54) is 0 Å². The Morgan fingerprint density at radius 3 is 2.81 bits per heavy atom. The van der Waals surface area contributed by atoms with E-state index in [1.807, 2.05) is 4.90 Å². The molecule has 1 amide bonds. The molecule has 2 rings (SSSR count). The summed E-state index contributed by atoms with van der Waals surface area (Å²) < 4.78 is 5.34. The largest absolute Gasteiger partial charge is 0.379 e. The first-order valence-electron chi connectivity index (χ1n) is 7.92. The molecule has 1 fully saturated rings. The van der Waals surface area contributed by atoms with Crippen LogP contribution in [0.25, 0.3) is 0 Å². The molecule has 1 unspecified atom stereocenters. The lowest BCUT2D eigenvalue weighted by Crippen LogP contribution is -2.45. The first-order chi connectivity index (χ1) is 10.3. The van der Waals surface area contributed by atoms with Gasteiger partial charge in [-0.3, -0.25) is 9.69 Å². The van der Waals surface area contributed by atoms with Crippen molar-refractivity contribution in [3.63, 3.8) is 0 Å². The number of amides is 1. The number of nitrogens with zero attached hydrogens (tertiary/aromatic N) is 3. The van der Waals surface area contributed by atoms with E-state index >= 15 is 0 Å². The van der Waals surface area contributed by atoms with Gasteiger partial charge in [-0.2, -0.15) is 5.26 Å². The fraction of sp³-hybridized carbons (Fsp3) is 0.750. The first-order valence-corrected chi connectivity index (χ1v) is 7.92. The SMILES string of the molecule is N#CCCN(CCN1CCOCC1)C(=O)C1CC=CCC1. The van der Waals surface area contributed by atoms with Crippen LogP contribution < -0.4 is 0 Å². The molecule has 21 heavy (non-hydrogen) atoms. The van der Waals surface area contributed by atoms with Gasteiger partial charge in [-0.15, -0.1) is 0 Å². The minimum atomic E-state index is 0.110. The predicted molar refractivity (Wildman–Crippen MR) is 80.6 cm³/mol. The number of rotatable bonds is 6. The molecule has 0 radical (unpaired) electrons. The Hall–Kier alpha value is -1.38. The lowest BCUT2D eigenvalue weighted by molar-refractivity contribution is -0.136. The minimum Gasteiger partial charge on any atom is -0.379 e. The van der Waals surface area contributed by atoms with Crippen LogP contribution in [-0.2, 0) is 9.53 Å². The third-order valence-electron chi connectivity index (χ3n) is 4.21. The first kappa shape index (κ1) is 16.0. The van der Waals surface area contributed by atoms with E-state index in [9.17, 15) is 4.79 Å². The predicted octanol–water partition coefficient (Wildman–Crippen LogP) is 1.42. The van der Waals surface area contributed by atoms with Gasteiger partial charge in [-0.1, -0.05) is 12.2 Å². The van der Waals surface area contributed by atoms with Crippen molar-refractivity contribution in [2.75, 3.05) is 45.9 Å². The molecule has 0 aromatic carbocycles. The van der Waals surface area contributed by atoms with E-state index in [0.29, 0.717) is 13.0 Å². The molecule has 5 nitrogen and oxygen atoms in total. The molecule has 0 spiro atoms. The van der Waals surface area contributed by atoms with E-state index in [0.717, 1.165) is 58.7 Å². The molecular weight excluding hydrogens is 266 g/mol. The van der Waals surface area contributed by atoms with Gasteiger partial charge in [0.1, 0.15) is 0 Å². The number of nitriles is 1. The number of carbonyl (C=O) groups excluding carboxylic acids is 1. The molecule has 116 valence electrons. The molecule has 1 heterocycles. The lowest BCUT2D eigenvalue weighted by Gasteiger charge is -2.31. The van der Waals surface area contributed by atoms with Crippen LogP contribution in [0.4, 0.5) is 0 Å². The number of ether oxygens (including phenoxy) is 1. The van der Waals surface area contributed by atoms with Crippen molar-refractivity contribution < 1.29 is 9.53 Å². The summed E-state index contributed by atoms with van der Waals surface area (Å²) in [5, 5.41) is 8.80. The highest BCUT2D eigenvalue weighted by Gasteiger charge is 2.24. The summed E-state index contributed by atoms with van der Waals surface area (Å²) >= 11 is 0. The minimum absolute atomic E-state index is 0.110. The van der Waals surface area contributed by atoms with Crippen LogP contribution in [-0.4, -0.2) is 61.6 Å². The van der Waals surface area contributed by atoms with Crippen LogP contribution in [0.2, 0.25) is 0 Å². The maximum atomic E-state index is 12.6. The fourth-order valence-corrected chi connectivity index (χ4v) is 2.88. The third-order valence-corrected chi connectivity index (χ3v) is 4.21. The Balaban J connectivity index is 1.85. The van der Waals surface area contributed by atoms with Gasteiger partial charge in [-0.25, -0.2) is 0 Å². The van der Waals surface area contributed by atoms with Gasteiger partial charge in [-0.05, 0) is 19.3 Å². The van der Waals surface area contributed by atoms with Gasteiger partial charge in [0, 0.05) is 38.6 Å². The van der Waals surface area contributed by atoms with Crippen molar-refractivity contribution in [3.8, 4) is 6.07 Å². The second-order valence-electron chi connectivity index (χ2n) is 5.67. The van der Waals surface area contributed by atoms with Crippen LogP contribution in [0.1, 0.15) is 25.7 Å². The van der Waals surface area contributed by atoms with Crippen molar-refractivity contribution in [1.82, 2.24) is 9.80 Å². The lowest BCUT2D eigenvalue weighted by atomic mass is 9.93. The zero-order valence-electron chi connectivity index (χ0n) is 12.7. The molecular formula is C16H25N3O2. The van der Waals surface area contributed by atoms with Crippen molar-refractivity contribution >= 4 is 5.91 Å². The number of hydrogen-bond acceptors (Lipinski definition) is 4. The van der Waals surface area contributed by atoms with Gasteiger partial charge in [0.05, 0.1) is 25.7 Å². The molecule has 2 aliphatic rings. The van der Waals surface area contributed by atoms with Crippen LogP contribution in [0.3, 0.4) is 0 Å². The molecule has 0 aromatic heterocycles. The van der Waals surface area contributed by atoms with Crippen molar-refractivity contribution in [1.29, 1.82) is 5.26 Å². The maximum Gasteiger partial charge on any atom is 0.226 e. The molecule has 1 atom stereocenters. The van der Waals surface area contributed by atoms with Crippen molar-refractivity contribution in [2.24, 2.45) is 5.92 Å². The van der Waals surface area contributed by atoms with Gasteiger partial charge in [0.15, 0.2) is 0 Å². The van der Waals surface area contributed by atoms with E-state index in [-0.39, 0.29) is 11.8 Å². The summed E-state index contributed by atoms with van der Waals surface area (Å²) in [6.45, 7) is 5.59. The Bertz CT molecular complexity index is 397. The summed E-state index contributed by atoms with van der Waals surface area (Å²) in [6.07, 6.45) is 7.45. The van der Waals surface area contributed by atoms with Crippen molar-refractivity contribution in [2.45, 2.75) is 25.7 Å². The highest BCUT2D eigenvalue weighted by atomic mass is 16.5. The van der Waals surface area contributed by atoms with E-state index in [1.54, 1.807) is 0 Å². The summed E-state index contributed by atoms with van der Waals surface area (Å²) in [4.78, 5) is 16.8. The normalized spacial score (nSPS) is 22.7. The van der Waals surface area contributed by atoms with Crippen LogP contribution in [0.5, 0.6) is 0 Å². The Morgan fingerprint density at radius 1 is 1.33 bits per heavy atom. The topological polar surface area (TPSA) is 56.6 Å². The number of allylic oxidation sites excluding steroid dienone is 2. The fourth-order valence-electron chi connectivity index (χ4n) is 2.88. The third kappa shape index (κ3) is 5.14. The van der Waals surface area contributed by atoms with E-state index in [2.05, 4.69) is 23.1 Å². The van der Waals surface area contributed by atoms with Crippen LogP contribution in [0, 0.1) is 17.2 Å². The summed E-state index contributed by atoms with van der Waals surface area (Å²) in [5.74, 6) is 0.334. The monoisotopic (exact) mass is 291 g/mol. The second-order valence-corrected chi connectivity index (χ2v) is 5.67. The standard InChI is InChI=1S/C16H25N3O2/c17-7-4-8-19(10-9-18-11-13-21-14-12-18)16(20)15-5-2-1-3-6-15/h1-2,15H,3-6,8-14H2. The summed E-state index contributed by atoms with van der Waals surface area (Å²) in [5.41, 5.74) is 0. The van der Waals surface area contributed by atoms with Gasteiger partial charge >= 0.3 is 0 Å². The second kappa shape index (κ2) is 8.81. The Morgan fingerprint density at radius 2 is 2.14 bits per heavy atom.